The van der Waals surface area contributed by atoms with Crippen LogP contribution in [-0.4, -0.2) is 10.9 Å². The highest BCUT2D eigenvalue weighted by Crippen LogP contribution is 2.27. The number of halogens is 1. The summed E-state index contributed by atoms with van der Waals surface area (Å²) in [7, 11) is 0. The van der Waals surface area contributed by atoms with Crippen molar-refractivity contribution in [2.45, 2.75) is 20.3 Å². The first-order valence-electron chi connectivity index (χ1n) is 8.48. The third-order valence-corrected chi connectivity index (χ3v) is 5.27. The maximum Gasteiger partial charge on any atom is 0.230 e. The van der Waals surface area contributed by atoms with Gasteiger partial charge in [0.2, 0.25) is 5.91 Å². The first-order valence-corrected chi connectivity index (χ1v) is 9.36. The minimum atomic E-state index is -0.291. The second kappa shape index (κ2) is 6.96. The molecule has 2 aromatic heterocycles. The highest BCUT2D eigenvalue weighted by atomic mass is 32.1. The second-order valence-corrected chi connectivity index (χ2v) is 7.32. The zero-order valence-corrected chi connectivity index (χ0v) is 15.7. The molecule has 0 aliphatic carbocycles. The van der Waals surface area contributed by atoms with Crippen molar-refractivity contribution in [2.75, 3.05) is 5.32 Å². The van der Waals surface area contributed by atoms with Gasteiger partial charge in [-0.05, 0) is 61.4 Å². The Balaban J connectivity index is 1.49. The van der Waals surface area contributed by atoms with E-state index in [-0.39, 0.29) is 18.1 Å². The van der Waals surface area contributed by atoms with E-state index >= 15 is 0 Å². The molecule has 0 unspecified atom stereocenters. The van der Waals surface area contributed by atoms with Crippen molar-refractivity contribution >= 4 is 33.3 Å². The Morgan fingerprint density at radius 2 is 1.93 bits per heavy atom. The smallest absolute Gasteiger partial charge is 0.230 e. The Morgan fingerprint density at radius 3 is 2.70 bits per heavy atom. The number of amides is 1. The average molecular weight is 380 g/mol. The van der Waals surface area contributed by atoms with Gasteiger partial charge in [-0.15, -0.1) is 11.3 Å². The van der Waals surface area contributed by atoms with Crippen LogP contribution in [0, 0.1) is 19.7 Å². The molecule has 0 atom stereocenters. The van der Waals surface area contributed by atoms with Crippen LogP contribution in [0.4, 0.5) is 9.52 Å². The molecule has 1 N–H and O–H groups in total. The van der Waals surface area contributed by atoms with Crippen molar-refractivity contribution in [3.8, 4) is 11.3 Å². The number of nitrogens with zero attached hydrogens (tertiary/aromatic N) is 1. The number of carbonyl (C=O) groups excluding carboxylic acids is 1. The van der Waals surface area contributed by atoms with E-state index in [4.69, 9.17) is 4.42 Å². The van der Waals surface area contributed by atoms with Crippen LogP contribution >= 0.6 is 11.3 Å². The molecule has 4 nitrogen and oxygen atoms in total. The van der Waals surface area contributed by atoms with E-state index in [2.05, 4.69) is 10.3 Å². The minimum absolute atomic E-state index is 0.157. The summed E-state index contributed by atoms with van der Waals surface area (Å²) in [5, 5.41) is 6.13. The van der Waals surface area contributed by atoms with Gasteiger partial charge >= 0.3 is 0 Å². The molecule has 2 aromatic carbocycles. The summed E-state index contributed by atoms with van der Waals surface area (Å²) in [6.07, 6.45) is 1.84. The lowest BCUT2D eigenvalue weighted by molar-refractivity contribution is -0.115. The summed E-state index contributed by atoms with van der Waals surface area (Å²) in [5.74, 6) is -0.448. The van der Waals surface area contributed by atoms with E-state index in [9.17, 15) is 9.18 Å². The molecule has 0 radical (unpaired) electrons. The average Bonchev–Trinajstić information content (AvgIpc) is 3.24. The Hall–Kier alpha value is -2.99. The first-order chi connectivity index (χ1) is 13.0. The number of thiazole rings is 1. The van der Waals surface area contributed by atoms with Gasteiger partial charge in [-0.25, -0.2) is 9.37 Å². The molecule has 1 amide bonds. The van der Waals surface area contributed by atoms with E-state index in [1.807, 2.05) is 31.4 Å². The molecular weight excluding hydrogens is 363 g/mol. The molecule has 27 heavy (non-hydrogen) atoms. The molecule has 0 saturated heterocycles. The number of nitrogens with one attached hydrogen (secondary N) is 1. The molecular formula is C21H17FN2O2S. The van der Waals surface area contributed by atoms with Crippen molar-refractivity contribution in [1.29, 1.82) is 0 Å². The molecule has 136 valence electrons. The molecule has 0 saturated carbocycles. The lowest BCUT2D eigenvalue weighted by Gasteiger charge is -2.02. The number of aryl methyl sites for hydroxylation is 2. The first kappa shape index (κ1) is 17.4. The number of hydrogen-bond donors (Lipinski definition) is 1. The van der Waals surface area contributed by atoms with Gasteiger partial charge in [0, 0.05) is 21.9 Å². The summed E-state index contributed by atoms with van der Waals surface area (Å²) < 4.78 is 18.6. The fourth-order valence-corrected chi connectivity index (χ4v) is 3.63. The Kier molecular flexibility index (Phi) is 4.49. The third-order valence-electron chi connectivity index (χ3n) is 4.51. The fraction of sp³-hybridized carbons (Fsp3) is 0.143. The van der Waals surface area contributed by atoms with E-state index in [0.29, 0.717) is 10.8 Å². The number of furan rings is 1. The van der Waals surface area contributed by atoms with E-state index < -0.39 is 0 Å². The largest absolute Gasteiger partial charge is 0.464 e. The van der Waals surface area contributed by atoms with E-state index in [1.165, 1.54) is 23.5 Å². The number of anilines is 1. The second-order valence-electron chi connectivity index (χ2n) is 6.46. The Bertz CT molecular complexity index is 1130. The van der Waals surface area contributed by atoms with Gasteiger partial charge in [-0.1, -0.05) is 0 Å². The quantitative estimate of drug-likeness (QED) is 0.509. The number of aromatic nitrogens is 1. The monoisotopic (exact) mass is 380 g/mol. The number of fused-ring (bicyclic) bond motifs is 1. The topological polar surface area (TPSA) is 55.1 Å². The maximum absolute atomic E-state index is 13.0. The van der Waals surface area contributed by atoms with Gasteiger partial charge < -0.3 is 9.73 Å². The van der Waals surface area contributed by atoms with Crippen molar-refractivity contribution < 1.29 is 13.6 Å². The number of rotatable bonds is 4. The van der Waals surface area contributed by atoms with E-state index in [1.54, 1.807) is 18.4 Å². The summed E-state index contributed by atoms with van der Waals surface area (Å²) >= 11 is 1.34. The molecule has 0 fully saturated rings. The summed E-state index contributed by atoms with van der Waals surface area (Å²) in [4.78, 5) is 16.8. The van der Waals surface area contributed by atoms with Gasteiger partial charge in [-0.2, -0.15) is 0 Å². The van der Waals surface area contributed by atoms with Crippen LogP contribution in [0.25, 0.3) is 22.2 Å². The molecule has 4 rings (SSSR count). The van der Waals surface area contributed by atoms with Crippen LogP contribution in [0.1, 0.15) is 16.7 Å². The number of benzene rings is 2. The third kappa shape index (κ3) is 3.61. The van der Waals surface area contributed by atoms with E-state index in [0.717, 1.165) is 33.2 Å². The van der Waals surface area contributed by atoms with Crippen LogP contribution in [0.15, 0.2) is 52.5 Å². The Labute approximate surface area is 159 Å². The SMILES string of the molecule is Cc1cc2occ(CC(=O)Nc3nc(-c4ccc(F)cc4)cs3)c2cc1C. The Morgan fingerprint density at radius 1 is 1.19 bits per heavy atom. The van der Waals surface area contributed by atoms with Crippen molar-refractivity contribution in [1.82, 2.24) is 4.98 Å². The maximum atomic E-state index is 13.0. The predicted molar refractivity (Wildman–Crippen MR) is 106 cm³/mol. The number of hydrogen-bond acceptors (Lipinski definition) is 4. The standard InChI is InChI=1S/C21H17FN2O2S/c1-12-7-17-15(10-26-19(17)8-13(12)2)9-20(25)24-21-23-18(11-27-21)14-3-5-16(22)6-4-14/h3-8,10-11H,9H2,1-2H3,(H,23,24,25). The highest BCUT2D eigenvalue weighted by molar-refractivity contribution is 7.14. The zero-order chi connectivity index (χ0) is 19.0. The van der Waals surface area contributed by atoms with Crippen LogP contribution < -0.4 is 5.32 Å². The molecule has 0 aliphatic rings. The van der Waals surface area contributed by atoms with Crippen LogP contribution in [0.5, 0.6) is 0 Å². The van der Waals surface area contributed by atoms with Gasteiger partial charge in [0.1, 0.15) is 11.4 Å². The molecule has 4 aromatic rings. The summed E-state index contributed by atoms with van der Waals surface area (Å²) in [5.41, 5.74) is 5.46. The van der Waals surface area contributed by atoms with Crippen molar-refractivity contribution in [2.24, 2.45) is 0 Å². The molecule has 0 aliphatic heterocycles. The zero-order valence-electron chi connectivity index (χ0n) is 14.9. The fourth-order valence-electron chi connectivity index (χ4n) is 2.89. The molecule has 6 heteroatoms. The van der Waals surface area contributed by atoms with Crippen molar-refractivity contribution in [3.05, 3.63) is 70.5 Å². The molecule has 2 heterocycles. The van der Waals surface area contributed by atoms with Gasteiger partial charge in [-0.3, -0.25) is 4.79 Å². The van der Waals surface area contributed by atoms with Gasteiger partial charge in [0.05, 0.1) is 18.4 Å². The van der Waals surface area contributed by atoms with Crippen LogP contribution in [-0.2, 0) is 11.2 Å². The van der Waals surface area contributed by atoms with Crippen LogP contribution in [0.2, 0.25) is 0 Å². The summed E-state index contributed by atoms with van der Waals surface area (Å²) in [6, 6.07) is 10.1. The van der Waals surface area contributed by atoms with Gasteiger partial charge in [0.25, 0.3) is 0 Å². The van der Waals surface area contributed by atoms with Crippen LogP contribution in [0.3, 0.4) is 0 Å². The minimum Gasteiger partial charge on any atom is -0.464 e. The van der Waals surface area contributed by atoms with Crippen molar-refractivity contribution in [3.63, 3.8) is 0 Å². The normalized spacial score (nSPS) is 11.1. The summed E-state index contributed by atoms with van der Waals surface area (Å²) in [6.45, 7) is 4.07. The predicted octanol–water partition coefficient (Wildman–Crippen LogP) is 5.49. The molecule has 0 bridgehead atoms. The lowest BCUT2D eigenvalue weighted by atomic mass is 10.0. The number of carbonyl (C=O) groups is 1. The lowest BCUT2D eigenvalue weighted by Crippen LogP contribution is -2.14. The highest BCUT2D eigenvalue weighted by Gasteiger charge is 2.13. The van der Waals surface area contributed by atoms with Gasteiger partial charge in [0.15, 0.2) is 5.13 Å². The molecule has 0 spiro atoms.